The molecule has 10 heteroatoms. The summed E-state index contributed by atoms with van der Waals surface area (Å²) in [5.74, 6) is 0.407. The van der Waals surface area contributed by atoms with Gasteiger partial charge in [-0.2, -0.15) is 0 Å². The number of hydrogen-bond donors (Lipinski definition) is 2. The molecule has 2 aliphatic heterocycles. The Kier molecular flexibility index (Phi) is 5.82. The zero-order chi connectivity index (χ0) is 17.7. The number of nitrogens with one attached hydrogen (secondary N) is 2. The summed E-state index contributed by atoms with van der Waals surface area (Å²) < 4.78 is 28.2. The molecule has 0 spiro atoms. The predicted molar refractivity (Wildman–Crippen MR) is 92.3 cm³/mol. The molecule has 25 heavy (non-hydrogen) atoms. The molecule has 0 aliphatic carbocycles. The van der Waals surface area contributed by atoms with Crippen molar-refractivity contribution in [1.29, 1.82) is 0 Å². The van der Waals surface area contributed by atoms with Gasteiger partial charge in [0.25, 0.3) is 5.91 Å². The second kappa shape index (κ2) is 8.07. The fraction of sp³-hybridized carbons (Fsp3) is 0.667. The zero-order valence-electron chi connectivity index (χ0n) is 14.0. The predicted octanol–water partition coefficient (Wildman–Crippen LogP) is -0.862. The normalized spacial score (nSPS) is 23.3. The Hall–Kier alpha value is -1.78. The number of amides is 1. The molecule has 0 bridgehead atoms. The fourth-order valence-corrected chi connectivity index (χ4v) is 4.54. The lowest BCUT2D eigenvalue weighted by molar-refractivity contribution is 0.0383. The minimum atomic E-state index is -2.95. The highest BCUT2D eigenvalue weighted by molar-refractivity contribution is 7.91. The van der Waals surface area contributed by atoms with Crippen LogP contribution in [0.15, 0.2) is 12.4 Å². The molecule has 1 amide bonds. The van der Waals surface area contributed by atoms with E-state index in [1.807, 2.05) is 0 Å². The lowest BCUT2D eigenvalue weighted by atomic mass is 10.3. The summed E-state index contributed by atoms with van der Waals surface area (Å²) in [6, 6.07) is -0.168. The van der Waals surface area contributed by atoms with Gasteiger partial charge in [-0.25, -0.2) is 18.4 Å². The summed E-state index contributed by atoms with van der Waals surface area (Å²) >= 11 is 0. The van der Waals surface area contributed by atoms with Gasteiger partial charge in [0.05, 0.1) is 30.3 Å². The molecule has 2 fully saturated rings. The smallest absolute Gasteiger partial charge is 0.254 e. The average Bonchev–Trinajstić information content (AvgIpc) is 2.95. The number of carbonyl (C=O) groups excluding carboxylic acids is 1. The van der Waals surface area contributed by atoms with Crippen LogP contribution in [-0.4, -0.2) is 86.1 Å². The van der Waals surface area contributed by atoms with Gasteiger partial charge in [-0.05, 0) is 6.42 Å². The molecule has 138 valence electrons. The molecule has 9 nitrogen and oxygen atoms in total. The molecule has 2 N–H and O–H groups in total. The van der Waals surface area contributed by atoms with E-state index in [-0.39, 0.29) is 23.5 Å². The number of aromatic nitrogens is 2. The third-order valence-corrected chi connectivity index (χ3v) is 6.06. The first-order valence-electron chi connectivity index (χ1n) is 8.39. The summed E-state index contributed by atoms with van der Waals surface area (Å²) in [6.45, 7) is 4.58. The van der Waals surface area contributed by atoms with Crippen LogP contribution in [0, 0.1) is 0 Å². The highest BCUT2D eigenvalue weighted by Gasteiger charge is 2.28. The van der Waals surface area contributed by atoms with Crippen LogP contribution in [0.4, 0.5) is 5.95 Å². The van der Waals surface area contributed by atoms with Gasteiger partial charge in [0.1, 0.15) is 0 Å². The third kappa shape index (κ3) is 5.35. The number of rotatable bonds is 6. The van der Waals surface area contributed by atoms with Crippen LogP contribution in [-0.2, 0) is 14.6 Å². The molecule has 0 saturated carbocycles. The van der Waals surface area contributed by atoms with E-state index in [2.05, 4.69) is 25.5 Å². The molecule has 1 unspecified atom stereocenters. The first-order chi connectivity index (χ1) is 12.0. The van der Waals surface area contributed by atoms with Crippen LogP contribution >= 0.6 is 0 Å². The molecule has 3 rings (SSSR count). The van der Waals surface area contributed by atoms with Crippen molar-refractivity contribution >= 4 is 21.7 Å². The van der Waals surface area contributed by atoms with Crippen LogP contribution in [0.5, 0.6) is 0 Å². The van der Waals surface area contributed by atoms with E-state index in [0.29, 0.717) is 24.5 Å². The van der Waals surface area contributed by atoms with Gasteiger partial charge in [-0.1, -0.05) is 0 Å². The molecule has 0 radical (unpaired) electrons. The van der Waals surface area contributed by atoms with E-state index in [0.717, 1.165) is 32.8 Å². The second-order valence-corrected chi connectivity index (χ2v) is 8.48. The van der Waals surface area contributed by atoms with E-state index in [1.54, 1.807) is 0 Å². The summed E-state index contributed by atoms with van der Waals surface area (Å²) in [7, 11) is -2.95. The van der Waals surface area contributed by atoms with E-state index in [1.165, 1.54) is 12.4 Å². The van der Waals surface area contributed by atoms with Crippen molar-refractivity contribution in [2.45, 2.75) is 12.5 Å². The number of carbonyl (C=O) groups is 1. The largest absolute Gasteiger partial charge is 0.379 e. The number of anilines is 1. The summed E-state index contributed by atoms with van der Waals surface area (Å²) in [5, 5.41) is 5.85. The Labute approximate surface area is 147 Å². The Morgan fingerprint density at radius 1 is 1.28 bits per heavy atom. The molecule has 1 aromatic heterocycles. The lowest BCUT2D eigenvalue weighted by Gasteiger charge is -2.26. The van der Waals surface area contributed by atoms with Gasteiger partial charge in [0, 0.05) is 44.6 Å². The molecule has 2 aliphatic rings. The van der Waals surface area contributed by atoms with Crippen molar-refractivity contribution in [2.75, 3.05) is 56.2 Å². The van der Waals surface area contributed by atoms with Crippen molar-refractivity contribution in [2.24, 2.45) is 0 Å². The second-order valence-electron chi connectivity index (χ2n) is 6.25. The first kappa shape index (κ1) is 18.0. The van der Waals surface area contributed by atoms with E-state index >= 15 is 0 Å². The monoisotopic (exact) mass is 369 g/mol. The van der Waals surface area contributed by atoms with Crippen LogP contribution in [0.1, 0.15) is 16.8 Å². The van der Waals surface area contributed by atoms with E-state index in [9.17, 15) is 13.2 Å². The van der Waals surface area contributed by atoms with Gasteiger partial charge in [0.15, 0.2) is 9.84 Å². The standard InChI is InChI=1S/C15H23N5O4S/c21-14(16-2-3-20-4-6-24-7-5-20)12-9-17-15(18-10-12)19-13-1-8-25(22,23)11-13/h9-10,13H,1-8,11H2,(H,16,21)(H,17,18,19). The van der Waals surface area contributed by atoms with Crippen LogP contribution < -0.4 is 10.6 Å². The minimum Gasteiger partial charge on any atom is -0.379 e. The Morgan fingerprint density at radius 2 is 2.00 bits per heavy atom. The highest BCUT2D eigenvalue weighted by atomic mass is 32.2. The molecule has 0 aromatic carbocycles. The third-order valence-electron chi connectivity index (χ3n) is 4.30. The first-order valence-corrected chi connectivity index (χ1v) is 10.2. The number of hydrogen-bond acceptors (Lipinski definition) is 8. The Bertz CT molecular complexity index is 688. The van der Waals surface area contributed by atoms with Gasteiger partial charge in [0.2, 0.25) is 5.95 Å². The summed E-state index contributed by atoms with van der Waals surface area (Å²) in [5.41, 5.74) is 0.381. The maximum Gasteiger partial charge on any atom is 0.254 e. The highest BCUT2D eigenvalue weighted by Crippen LogP contribution is 2.15. The maximum absolute atomic E-state index is 12.1. The molecule has 1 atom stereocenters. The number of nitrogens with zero attached hydrogens (tertiary/aromatic N) is 3. The van der Waals surface area contributed by atoms with Gasteiger partial charge in [-0.15, -0.1) is 0 Å². The fourth-order valence-electron chi connectivity index (χ4n) is 2.87. The van der Waals surface area contributed by atoms with Crippen LogP contribution in [0.3, 0.4) is 0 Å². The number of ether oxygens (including phenoxy) is 1. The quantitative estimate of drug-likeness (QED) is 0.666. The SMILES string of the molecule is O=C(NCCN1CCOCC1)c1cnc(NC2CCS(=O)(=O)C2)nc1. The minimum absolute atomic E-state index is 0.0974. The van der Waals surface area contributed by atoms with Crippen LogP contribution in [0.2, 0.25) is 0 Å². The Balaban J connectivity index is 1.44. The van der Waals surface area contributed by atoms with Crippen molar-refractivity contribution in [3.8, 4) is 0 Å². The lowest BCUT2D eigenvalue weighted by Crippen LogP contribution is -2.41. The summed E-state index contributed by atoms with van der Waals surface area (Å²) in [6.07, 6.45) is 3.45. The topological polar surface area (TPSA) is 114 Å². The van der Waals surface area contributed by atoms with E-state index in [4.69, 9.17) is 4.74 Å². The zero-order valence-corrected chi connectivity index (χ0v) is 14.8. The van der Waals surface area contributed by atoms with Crippen molar-refractivity contribution in [1.82, 2.24) is 20.2 Å². The van der Waals surface area contributed by atoms with Crippen molar-refractivity contribution < 1.29 is 17.9 Å². The van der Waals surface area contributed by atoms with Gasteiger partial charge < -0.3 is 15.4 Å². The molecule has 3 heterocycles. The summed E-state index contributed by atoms with van der Waals surface area (Å²) in [4.78, 5) is 22.5. The maximum atomic E-state index is 12.1. The average molecular weight is 369 g/mol. The molecular formula is C15H23N5O4S. The number of sulfone groups is 1. The van der Waals surface area contributed by atoms with Gasteiger partial charge >= 0.3 is 0 Å². The van der Waals surface area contributed by atoms with E-state index < -0.39 is 9.84 Å². The molecule has 2 saturated heterocycles. The van der Waals surface area contributed by atoms with Gasteiger partial charge in [-0.3, -0.25) is 9.69 Å². The molecule has 1 aromatic rings. The van der Waals surface area contributed by atoms with Crippen molar-refractivity contribution in [3.63, 3.8) is 0 Å². The number of morpholine rings is 1. The Morgan fingerprint density at radius 3 is 2.64 bits per heavy atom. The molecular weight excluding hydrogens is 346 g/mol. The van der Waals surface area contributed by atoms with Crippen LogP contribution in [0.25, 0.3) is 0 Å². The van der Waals surface area contributed by atoms with Crippen molar-refractivity contribution in [3.05, 3.63) is 18.0 Å².